The van der Waals surface area contributed by atoms with Crippen LogP contribution in [0.25, 0.3) is 0 Å². The molecule has 28 heavy (non-hydrogen) atoms. The van der Waals surface area contributed by atoms with Crippen molar-refractivity contribution in [3.8, 4) is 0 Å². The lowest BCUT2D eigenvalue weighted by atomic mass is 10.1. The SMILES string of the molecule is CC(NC(=O)Nc1ccc(NC(=O)c2ccco2)cc1)c1ccc(Cl)cc1Cl. The summed E-state index contributed by atoms with van der Waals surface area (Å²) >= 11 is 12.1. The molecule has 3 N–H and O–H groups in total. The summed E-state index contributed by atoms with van der Waals surface area (Å²) in [7, 11) is 0. The van der Waals surface area contributed by atoms with E-state index < -0.39 is 0 Å². The topological polar surface area (TPSA) is 83.4 Å². The maximum Gasteiger partial charge on any atom is 0.319 e. The lowest BCUT2D eigenvalue weighted by Crippen LogP contribution is -2.31. The number of rotatable bonds is 5. The van der Waals surface area contributed by atoms with Crippen molar-refractivity contribution in [2.45, 2.75) is 13.0 Å². The van der Waals surface area contributed by atoms with Crippen molar-refractivity contribution in [2.24, 2.45) is 0 Å². The van der Waals surface area contributed by atoms with Crippen molar-refractivity contribution in [3.63, 3.8) is 0 Å². The molecule has 2 aromatic carbocycles. The molecule has 0 aliphatic heterocycles. The third-order valence-corrected chi connectivity index (χ3v) is 4.48. The molecule has 0 saturated heterocycles. The average Bonchev–Trinajstić information content (AvgIpc) is 3.18. The molecule has 1 aromatic heterocycles. The number of furan rings is 1. The standard InChI is InChI=1S/C20H17Cl2N3O3/c1-12(16-9-4-13(21)11-17(16)22)23-20(27)25-15-7-5-14(6-8-15)24-19(26)18-3-2-10-28-18/h2-12H,1H3,(H,24,26)(H2,23,25,27). The normalized spacial score (nSPS) is 11.5. The minimum Gasteiger partial charge on any atom is -0.459 e. The fourth-order valence-electron chi connectivity index (χ4n) is 2.53. The van der Waals surface area contributed by atoms with Crippen LogP contribution in [0.4, 0.5) is 16.2 Å². The first kappa shape index (κ1) is 19.8. The van der Waals surface area contributed by atoms with E-state index in [0.29, 0.717) is 21.4 Å². The number of carbonyl (C=O) groups excluding carboxylic acids is 2. The second-order valence-corrected chi connectivity index (χ2v) is 6.84. The minimum atomic E-state index is -0.383. The van der Waals surface area contributed by atoms with Gasteiger partial charge < -0.3 is 20.4 Å². The summed E-state index contributed by atoms with van der Waals surface area (Å²) in [5, 5.41) is 9.26. The first-order valence-corrected chi connectivity index (χ1v) is 9.15. The van der Waals surface area contributed by atoms with Crippen molar-refractivity contribution in [2.75, 3.05) is 10.6 Å². The van der Waals surface area contributed by atoms with Crippen LogP contribution in [-0.2, 0) is 0 Å². The van der Waals surface area contributed by atoms with Gasteiger partial charge in [-0.3, -0.25) is 4.79 Å². The smallest absolute Gasteiger partial charge is 0.319 e. The molecule has 1 unspecified atom stereocenters. The lowest BCUT2D eigenvalue weighted by molar-refractivity contribution is 0.0996. The van der Waals surface area contributed by atoms with Crippen molar-refractivity contribution in [1.29, 1.82) is 0 Å². The van der Waals surface area contributed by atoms with E-state index in [0.717, 1.165) is 5.56 Å². The Morgan fingerprint density at radius 1 is 0.964 bits per heavy atom. The van der Waals surface area contributed by atoms with E-state index in [9.17, 15) is 9.59 Å². The summed E-state index contributed by atoms with van der Waals surface area (Å²) in [5.41, 5.74) is 1.91. The molecule has 3 amide bonds. The molecule has 0 radical (unpaired) electrons. The van der Waals surface area contributed by atoms with Gasteiger partial charge in [0.25, 0.3) is 5.91 Å². The number of anilines is 2. The van der Waals surface area contributed by atoms with Gasteiger partial charge in [0, 0.05) is 21.4 Å². The van der Waals surface area contributed by atoms with Crippen LogP contribution >= 0.6 is 23.2 Å². The zero-order valence-electron chi connectivity index (χ0n) is 14.8. The van der Waals surface area contributed by atoms with Gasteiger partial charge in [0.2, 0.25) is 0 Å². The first-order chi connectivity index (χ1) is 13.4. The first-order valence-electron chi connectivity index (χ1n) is 8.40. The van der Waals surface area contributed by atoms with Crippen LogP contribution < -0.4 is 16.0 Å². The molecule has 1 atom stereocenters. The number of halogens is 2. The molecule has 0 aliphatic rings. The summed E-state index contributed by atoms with van der Waals surface area (Å²) in [6, 6.07) is 14.3. The van der Waals surface area contributed by atoms with Gasteiger partial charge in [-0.2, -0.15) is 0 Å². The molecule has 0 saturated carbocycles. The van der Waals surface area contributed by atoms with E-state index in [1.807, 2.05) is 6.92 Å². The van der Waals surface area contributed by atoms with Gasteiger partial charge in [-0.15, -0.1) is 0 Å². The summed E-state index contributed by atoms with van der Waals surface area (Å²) < 4.78 is 5.04. The highest BCUT2D eigenvalue weighted by atomic mass is 35.5. The molecular weight excluding hydrogens is 401 g/mol. The third-order valence-electron chi connectivity index (χ3n) is 3.92. The highest BCUT2D eigenvalue weighted by Crippen LogP contribution is 2.26. The molecule has 0 spiro atoms. The van der Waals surface area contributed by atoms with Crippen molar-refractivity contribution in [1.82, 2.24) is 5.32 Å². The Morgan fingerprint density at radius 3 is 2.25 bits per heavy atom. The number of hydrogen-bond acceptors (Lipinski definition) is 3. The zero-order chi connectivity index (χ0) is 20.1. The Bertz CT molecular complexity index is 973. The third kappa shape index (κ3) is 5.06. The van der Waals surface area contributed by atoms with E-state index in [1.165, 1.54) is 6.26 Å². The van der Waals surface area contributed by atoms with Crippen LogP contribution in [-0.4, -0.2) is 11.9 Å². The number of urea groups is 1. The largest absolute Gasteiger partial charge is 0.459 e. The van der Waals surface area contributed by atoms with Gasteiger partial charge in [0.05, 0.1) is 12.3 Å². The van der Waals surface area contributed by atoms with Gasteiger partial charge in [-0.25, -0.2) is 4.79 Å². The van der Waals surface area contributed by atoms with Gasteiger partial charge >= 0.3 is 6.03 Å². The Balaban J connectivity index is 1.56. The second-order valence-electron chi connectivity index (χ2n) is 5.99. The zero-order valence-corrected chi connectivity index (χ0v) is 16.3. The summed E-state index contributed by atoms with van der Waals surface area (Å²) in [4.78, 5) is 24.2. The highest BCUT2D eigenvalue weighted by molar-refractivity contribution is 6.35. The van der Waals surface area contributed by atoms with Crippen LogP contribution in [0.5, 0.6) is 0 Å². The molecule has 3 rings (SSSR count). The van der Waals surface area contributed by atoms with Crippen LogP contribution in [0.3, 0.4) is 0 Å². The molecule has 0 bridgehead atoms. The Morgan fingerprint density at radius 2 is 1.64 bits per heavy atom. The number of nitrogens with one attached hydrogen (secondary N) is 3. The summed E-state index contributed by atoms with van der Waals surface area (Å²) in [5.74, 6) is -0.131. The highest BCUT2D eigenvalue weighted by Gasteiger charge is 2.13. The fourth-order valence-corrected chi connectivity index (χ4v) is 3.10. The van der Waals surface area contributed by atoms with Crippen LogP contribution in [0.1, 0.15) is 29.1 Å². The summed E-state index contributed by atoms with van der Waals surface area (Å²) in [6.07, 6.45) is 1.43. The Labute approximate surface area is 171 Å². The molecule has 0 fully saturated rings. The molecule has 1 heterocycles. The fraction of sp³-hybridized carbons (Fsp3) is 0.100. The molecule has 6 nitrogen and oxygen atoms in total. The number of amides is 3. The minimum absolute atomic E-state index is 0.219. The predicted molar refractivity (Wildman–Crippen MR) is 110 cm³/mol. The number of hydrogen-bond donors (Lipinski definition) is 3. The van der Waals surface area contributed by atoms with E-state index >= 15 is 0 Å². The van der Waals surface area contributed by atoms with E-state index in [1.54, 1.807) is 54.6 Å². The Hall–Kier alpha value is -2.96. The van der Waals surface area contributed by atoms with Crippen LogP contribution in [0.2, 0.25) is 10.0 Å². The van der Waals surface area contributed by atoms with Gasteiger partial charge in [0.1, 0.15) is 0 Å². The number of carbonyl (C=O) groups is 2. The van der Waals surface area contributed by atoms with Gasteiger partial charge in [-0.05, 0) is 61.0 Å². The monoisotopic (exact) mass is 417 g/mol. The molecular formula is C20H17Cl2N3O3. The van der Waals surface area contributed by atoms with Crippen LogP contribution in [0, 0.1) is 0 Å². The molecule has 144 valence electrons. The van der Waals surface area contributed by atoms with E-state index in [2.05, 4.69) is 16.0 Å². The second kappa shape index (κ2) is 8.82. The van der Waals surface area contributed by atoms with Gasteiger partial charge in [0.15, 0.2) is 5.76 Å². The molecule has 3 aromatic rings. The maximum atomic E-state index is 12.2. The van der Waals surface area contributed by atoms with E-state index in [-0.39, 0.29) is 23.7 Å². The maximum absolute atomic E-state index is 12.2. The van der Waals surface area contributed by atoms with Crippen molar-refractivity contribution in [3.05, 3.63) is 82.2 Å². The Kier molecular flexibility index (Phi) is 6.23. The van der Waals surface area contributed by atoms with Crippen molar-refractivity contribution < 1.29 is 14.0 Å². The average molecular weight is 418 g/mol. The van der Waals surface area contributed by atoms with Crippen molar-refractivity contribution >= 4 is 46.5 Å². The summed E-state index contributed by atoms with van der Waals surface area (Å²) in [6.45, 7) is 1.82. The quantitative estimate of drug-likeness (QED) is 0.496. The lowest BCUT2D eigenvalue weighted by Gasteiger charge is -2.16. The number of benzene rings is 2. The van der Waals surface area contributed by atoms with Crippen LogP contribution in [0.15, 0.2) is 65.3 Å². The van der Waals surface area contributed by atoms with Gasteiger partial charge in [-0.1, -0.05) is 29.3 Å². The predicted octanol–water partition coefficient (Wildman–Crippen LogP) is 5.72. The van der Waals surface area contributed by atoms with E-state index in [4.69, 9.17) is 27.6 Å². The molecule has 8 heteroatoms. The molecule has 0 aliphatic carbocycles.